The second kappa shape index (κ2) is 5.70. The molecule has 0 radical (unpaired) electrons. The summed E-state index contributed by atoms with van der Waals surface area (Å²) in [6, 6.07) is 15.7. The average Bonchev–Trinajstić information content (AvgIpc) is 2.49. The van der Waals surface area contributed by atoms with Gasteiger partial charge < -0.3 is 5.32 Å². The highest BCUT2D eigenvalue weighted by Gasteiger charge is 2.19. The average molecular weight is 265 g/mol. The molecule has 2 aromatic rings. The van der Waals surface area contributed by atoms with Crippen LogP contribution in [0.25, 0.3) is 0 Å². The number of hydrogen-bond acceptors (Lipinski definition) is 1. The van der Waals surface area contributed by atoms with Gasteiger partial charge in [-0.2, -0.15) is 0 Å². The van der Waals surface area contributed by atoms with Crippen LogP contribution in [0, 0.1) is 12.8 Å². The number of hydrogen-bond donors (Lipinski definition) is 1. The van der Waals surface area contributed by atoms with Crippen molar-refractivity contribution in [1.29, 1.82) is 0 Å². The first-order valence-corrected chi connectivity index (χ1v) is 7.66. The van der Waals surface area contributed by atoms with Crippen molar-refractivity contribution in [2.24, 2.45) is 5.92 Å². The van der Waals surface area contributed by atoms with Gasteiger partial charge in [-0.25, -0.2) is 0 Å². The SMILES string of the molecule is CCc1cccc2c1NCC(Cc1ccc(C)cc1)C2. The van der Waals surface area contributed by atoms with Gasteiger partial charge >= 0.3 is 0 Å². The molecule has 1 aliphatic rings. The lowest BCUT2D eigenvalue weighted by Gasteiger charge is -2.28. The van der Waals surface area contributed by atoms with Gasteiger partial charge in [0.05, 0.1) is 0 Å². The maximum Gasteiger partial charge on any atom is 0.0405 e. The van der Waals surface area contributed by atoms with E-state index in [0.717, 1.165) is 13.0 Å². The van der Waals surface area contributed by atoms with Gasteiger partial charge in [-0.3, -0.25) is 0 Å². The number of anilines is 1. The van der Waals surface area contributed by atoms with Crippen molar-refractivity contribution in [3.8, 4) is 0 Å². The third-order valence-corrected chi connectivity index (χ3v) is 4.34. The normalized spacial score (nSPS) is 17.4. The Hall–Kier alpha value is -1.76. The molecule has 1 heteroatoms. The molecule has 0 fully saturated rings. The highest BCUT2D eigenvalue weighted by molar-refractivity contribution is 5.59. The quantitative estimate of drug-likeness (QED) is 0.868. The second-order valence-corrected chi connectivity index (χ2v) is 5.95. The fourth-order valence-corrected chi connectivity index (χ4v) is 3.18. The summed E-state index contributed by atoms with van der Waals surface area (Å²) in [5, 5.41) is 3.66. The molecular formula is C19H23N. The van der Waals surface area contributed by atoms with E-state index in [9.17, 15) is 0 Å². The van der Waals surface area contributed by atoms with Crippen LogP contribution in [-0.4, -0.2) is 6.54 Å². The number of para-hydroxylation sites is 1. The minimum Gasteiger partial charge on any atom is -0.384 e. The summed E-state index contributed by atoms with van der Waals surface area (Å²) in [6.07, 6.45) is 3.48. The van der Waals surface area contributed by atoms with E-state index in [4.69, 9.17) is 0 Å². The van der Waals surface area contributed by atoms with Gasteiger partial charge in [-0.05, 0) is 48.8 Å². The zero-order valence-electron chi connectivity index (χ0n) is 12.4. The van der Waals surface area contributed by atoms with E-state index in [2.05, 4.69) is 61.6 Å². The molecule has 1 nitrogen and oxygen atoms in total. The fraction of sp³-hybridized carbons (Fsp3) is 0.368. The van der Waals surface area contributed by atoms with E-state index >= 15 is 0 Å². The van der Waals surface area contributed by atoms with Gasteiger partial charge in [0.25, 0.3) is 0 Å². The summed E-state index contributed by atoms with van der Waals surface area (Å²) >= 11 is 0. The van der Waals surface area contributed by atoms with E-state index < -0.39 is 0 Å². The molecule has 3 rings (SSSR count). The lowest BCUT2D eigenvalue weighted by molar-refractivity contribution is 0.534. The molecule has 0 spiro atoms. The Morgan fingerprint density at radius 2 is 1.90 bits per heavy atom. The van der Waals surface area contributed by atoms with E-state index in [1.807, 2.05) is 0 Å². The minimum absolute atomic E-state index is 0.706. The van der Waals surface area contributed by atoms with Crippen LogP contribution in [0.15, 0.2) is 42.5 Å². The summed E-state index contributed by atoms with van der Waals surface area (Å²) in [5.41, 5.74) is 7.14. The monoisotopic (exact) mass is 265 g/mol. The van der Waals surface area contributed by atoms with Gasteiger partial charge in [-0.1, -0.05) is 55.0 Å². The van der Waals surface area contributed by atoms with Crippen molar-refractivity contribution in [3.05, 3.63) is 64.7 Å². The minimum atomic E-state index is 0.706. The Balaban J connectivity index is 1.74. The Morgan fingerprint density at radius 3 is 2.65 bits per heavy atom. The molecule has 1 atom stereocenters. The molecule has 0 amide bonds. The van der Waals surface area contributed by atoms with E-state index in [0.29, 0.717) is 5.92 Å². The first-order valence-electron chi connectivity index (χ1n) is 7.66. The fourth-order valence-electron chi connectivity index (χ4n) is 3.18. The zero-order chi connectivity index (χ0) is 13.9. The van der Waals surface area contributed by atoms with Crippen LogP contribution in [0.3, 0.4) is 0 Å². The topological polar surface area (TPSA) is 12.0 Å². The van der Waals surface area contributed by atoms with Crippen molar-refractivity contribution in [1.82, 2.24) is 0 Å². The predicted octanol–water partition coefficient (Wildman–Crippen LogP) is 4.38. The molecule has 1 unspecified atom stereocenters. The molecule has 0 aliphatic carbocycles. The first-order chi connectivity index (χ1) is 9.76. The van der Waals surface area contributed by atoms with Crippen LogP contribution in [-0.2, 0) is 19.3 Å². The van der Waals surface area contributed by atoms with Crippen molar-refractivity contribution < 1.29 is 0 Å². The largest absolute Gasteiger partial charge is 0.384 e. The van der Waals surface area contributed by atoms with Gasteiger partial charge in [-0.15, -0.1) is 0 Å². The van der Waals surface area contributed by atoms with Gasteiger partial charge in [0.2, 0.25) is 0 Å². The molecule has 2 aromatic carbocycles. The molecule has 1 aliphatic heterocycles. The predicted molar refractivity (Wildman–Crippen MR) is 86.4 cm³/mol. The standard InChI is InChI=1S/C19H23N/c1-3-17-5-4-6-18-12-16(13-20-19(17)18)11-15-9-7-14(2)8-10-15/h4-10,16,20H,3,11-13H2,1-2H3. The van der Waals surface area contributed by atoms with E-state index in [-0.39, 0.29) is 0 Å². The zero-order valence-corrected chi connectivity index (χ0v) is 12.4. The first kappa shape index (κ1) is 13.2. The van der Waals surface area contributed by atoms with Gasteiger partial charge in [0.15, 0.2) is 0 Å². The van der Waals surface area contributed by atoms with Crippen LogP contribution in [0.5, 0.6) is 0 Å². The number of fused-ring (bicyclic) bond motifs is 1. The van der Waals surface area contributed by atoms with Gasteiger partial charge in [0.1, 0.15) is 0 Å². The van der Waals surface area contributed by atoms with Crippen molar-refractivity contribution >= 4 is 5.69 Å². The highest BCUT2D eigenvalue weighted by atomic mass is 14.9. The Labute approximate surface area is 122 Å². The molecule has 0 aromatic heterocycles. The number of aryl methyl sites for hydroxylation is 2. The van der Waals surface area contributed by atoms with Crippen LogP contribution in [0.1, 0.15) is 29.2 Å². The van der Waals surface area contributed by atoms with Crippen LogP contribution in [0.2, 0.25) is 0 Å². The molecular weight excluding hydrogens is 242 g/mol. The maximum atomic E-state index is 3.66. The van der Waals surface area contributed by atoms with Crippen LogP contribution < -0.4 is 5.32 Å². The molecule has 104 valence electrons. The summed E-state index contributed by atoms with van der Waals surface area (Å²) in [7, 11) is 0. The van der Waals surface area contributed by atoms with Crippen molar-refractivity contribution in [2.45, 2.75) is 33.1 Å². The lowest BCUT2D eigenvalue weighted by atomic mass is 9.87. The summed E-state index contributed by atoms with van der Waals surface area (Å²) in [6.45, 7) is 5.47. The third kappa shape index (κ3) is 2.72. The van der Waals surface area contributed by atoms with Crippen LogP contribution in [0.4, 0.5) is 5.69 Å². The molecule has 1 N–H and O–H groups in total. The summed E-state index contributed by atoms with van der Waals surface area (Å²) in [5.74, 6) is 0.706. The van der Waals surface area contributed by atoms with Crippen molar-refractivity contribution in [3.63, 3.8) is 0 Å². The Bertz CT molecular complexity index is 583. The lowest BCUT2D eigenvalue weighted by Crippen LogP contribution is -2.25. The van der Waals surface area contributed by atoms with Crippen LogP contribution >= 0.6 is 0 Å². The number of benzene rings is 2. The second-order valence-electron chi connectivity index (χ2n) is 5.95. The molecule has 1 heterocycles. The Kier molecular flexibility index (Phi) is 3.77. The molecule has 0 saturated heterocycles. The molecule has 20 heavy (non-hydrogen) atoms. The Morgan fingerprint density at radius 1 is 1.10 bits per heavy atom. The summed E-state index contributed by atoms with van der Waals surface area (Å²) in [4.78, 5) is 0. The molecule has 0 saturated carbocycles. The van der Waals surface area contributed by atoms with Gasteiger partial charge in [0, 0.05) is 12.2 Å². The highest BCUT2D eigenvalue weighted by Crippen LogP contribution is 2.30. The summed E-state index contributed by atoms with van der Waals surface area (Å²) < 4.78 is 0. The molecule has 0 bridgehead atoms. The number of nitrogens with one attached hydrogen (secondary N) is 1. The van der Waals surface area contributed by atoms with E-state index in [1.54, 1.807) is 0 Å². The smallest absolute Gasteiger partial charge is 0.0405 e. The van der Waals surface area contributed by atoms with Crippen molar-refractivity contribution in [2.75, 3.05) is 11.9 Å². The third-order valence-electron chi connectivity index (χ3n) is 4.34. The van der Waals surface area contributed by atoms with E-state index in [1.165, 1.54) is 40.8 Å². The number of rotatable bonds is 3. The maximum absolute atomic E-state index is 3.66.